The Bertz CT molecular complexity index is 683. The van der Waals surface area contributed by atoms with E-state index in [0.717, 1.165) is 11.8 Å². The number of benzene rings is 1. The highest BCUT2D eigenvalue weighted by atomic mass is 32.2. The molecule has 0 aliphatic rings. The second-order valence-corrected chi connectivity index (χ2v) is 9.30. The molecule has 23 heavy (non-hydrogen) atoms. The summed E-state index contributed by atoms with van der Waals surface area (Å²) in [6.07, 6.45) is 1.13. The lowest BCUT2D eigenvalue weighted by Gasteiger charge is -2.21. The van der Waals surface area contributed by atoms with Gasteiger partial charge in [-0.3, -0.25) is 9.59 Å². The highest BCUT2D eigenvalue weighted by molar-refractivity contribution is 7.98. The molecule has 2 N–H and O–H groups in total. The summed E-state index contributed by atoms with van der Waals surface area (Å²) >= 11 is 1.48. The number of carboxylic acid groups (broad SMARTS) is 1. The van der Waals surface area contributed by atoms with Crippen LogP contribution in [0.4, 0.5) is 5.69 Å². The molecule has 0 bridgehead atoms. The zero-order valence-electron chi connectivity index (χ0n) is 13.3. The van der Waals surface area contributed by atoms with Crippen molar-refractivity contribution in [2.45, 2.75) is 30.8 Å². The summed E-state index contributed by atoms with van der Waals surface area (Å²) in [5, 5.41) is 11.2. The number of thioether (sulfide) groups is 1. The van der Waals surface area contributed by atoms with E-state index in [9.17, 15) is 18.0 Å². The van der Waals surface area contributed by atoms with Crippen LogP contribution in [-0.2, 0) is 25.2 Å². The summed E-state index contributed by atoms with van der Waals surface area (Å²) in [5.74, 6) is -0.295. The van der Waals surface area contributed by atoms with Crippen LogP contribution in [0.1, 0.15) is 25.8 Å². The van der Waals surface area contributed by atoms with Crippen LogP contribution >= 0.6 is 11.8 Å². The summed E-state index contributed by atoms with van der Waals surface area (Å²) in [6, 6.07) is 7.06. The van der Waals surface area contributed by atoms with Gasteiger partial charge in [-0.05, 0) is 31.5 Å². The molecule has 0 heterocycles. The second-order valence-electron chi connectivity index (χ2n) is 5.63. The average Bonchev–Trinajstić information content (AvgIpc) is 2.42. The van der Waals surface area contributed by atoms with E-state index in [0.29, 0.717) is 17.2 Å². The molecule has 1 rings (SSSR count). The maximum absolute atomic E-state index is 12.2. The first kappa shape index (κ1) is 19.5. The van der Waals surface area contributed by atoms with Gasteiger partial charge in [0.1, 0.15) is 4.75 Å². The third-order valence-electron chi connectivity index (χ3n) is 3.39. The predicted molar refractivity (Wildman–Crippen MR) is 92.4 cm³/mol. The van der Waals surface area contributed by atoms with Gasteiger partial charge in [0.25, 0.3) is 0 Å². The SMILES string of the molecule is CC(C)(C(=O)Nc1cccc(CSCCC(=O)O)c1)S(C)(=O)=O. The van der Waals surface area contributed by atoms with Crippen molar-refractivity contribution in [3.8, 4) is 0 Å². The van der Waals surface area contributed by atoms with Crippen LogP contribution in [0.2, 0.25) is 0 Å². The van der Waals surface area contributed by atoms with Gasteiger partial charge in [0.05, 0.1) is 6.42 Å². The second kappa shape index (κ2) is 7.83. The molecule has 1 aromatic carbocycles. The van der Waals surface area contributed by atoms with Gasteiger partial charge in [0, 0.05) is 23.4 Å². The van der Waals surface area contributed by atoms with Gasteiger partial charge in [-0.15, -0.1) is 0 Å². The molecular formula is C15H21NO5S2. The number of rotatable bonds is 8. The third-order valence-corrected chi connectivity index (χ3v) is 6.46. The Morgan fingerprint density at radius 3 is 2.52 bits per heavy atom. The number of hydrogen-bond donors (Lipinski definition) is 2. The first-order valence-electron chi connectivity index (χ1n) is 6.93. The maximum Gasteiger partial charge on any atom is 0.304 e. The van der Waals surface area contributed by atoms with E-state index in [-0.39, 0.29) is 6.42 Å². The molecule has 0 aromatic heterocycles. The first-order chi connectivity index (χ1) is 10.5. The van der Waals surface area contributed by atoms with E-state index in [1.165, 1.54) is 25.6 Å². The Kier molecular flexibility index (Phi) is 6.64. The molecule has 0 aliphatic carbocycles. The molecule has 128 valence electrons. The van der Waals surface area contributed by atoms with Crippen molar-refractivity contribution in [2.75, 3.05) is 17.3 Å². The van der Waals surface area contributed by atoms with Gasteiger partial charge in [-0.2, -0.15) is 11.8 Å². The molecule has 1 amide bonds. The minimum atomic E-state index is -3.53. The van der Waals surface area contributed by atoms with Crippen LogP contribution in [0.3, 0.4) is 0 Å². The molecule has 0 spiro atoms. The smallest absolute Gasteiger partial charge is 0.304 e. The number of hydrogen-bond acceptors (Lipinski definition) is 5. The van der Waals surface area contributed by atoms with Crippen LogP contribution in [0.15, 0.2) is 24.3 Å². The number of carboxylic acids is 1. The van der Waals surface area contributed by atoms with Crippen LogP contribution in [-0.4, -0.2) is 42.2 Å². The fourth-order valence-electron chi connectivity index (χ4n) is 1.54. The molecule has 8 heteroatoms. The van der Waals surface area contributed by atoms with Crippen molar-refractivity contribution in [1.82, 2.24) is 0 Å². The van der Waals surface area contributed by atoms with Crippen molar-refractivity contribution >= 4 is 39.2 Å². The zero-order chi connectivity index (χ0) is 17.7. The quantitative estimate of drug-likeness (QED) is 0.690. The maximum atomic E-state index is 12.2. The minimum absolute atomic E-state index is 0.101. The Balaban J connectivity index is 2.70. The zero-order valence-corrected chi connectivity index (χ0v) is 15.0. The Morgan fingerprint density at radius 1 is 1.30 bits per heavy atom. The lowest BCUT2D eigenvalue weighted by Crippen LogP contribution is -2.43. The molecule has 1 aromatic rings. The Hall–Kier alpha value is -1.54. The Morgan fingerprint density at radius 2 is 1.96 bits per heavy atom. The number of amides is 1. The van der Waals surface area contributed by atoms with Gasteiger partial charge < -0.3 is 10.4 Å². The number of anilines is 1. The summed E-state index contributed by atoms with van der Waals surface area (Å²) in [4.78, 5) is 22.6. The number of carbonyl (C=O) groups is 2. The summed E-state index contributed by atoms with van der Waals surface area (Å²) in [7, 11) is -3.53. The molecule has 0 unspecified atom stereocenters. The van der Waals surface area contributed by atoms with Gasteiger partial charge in [0.2, 0.25) is 5.91 Å². The van der Waals surface area contributed by atoms with Crippen molar-refractivity contribution in [3.05, 3.63) is 29.8 Å². The van der Waals surface area contributed by atoms with E-state index in [1.54, 1.807) is 18.2 Å². The fraction of sp³-hybridized carbons (Fsp3) is 0.467. The molecule has 0 saturated carbocycles. The monoisotopic (exact) mass is 359 g/mol. The van der Waals surface area contributed by atoms with Crippen LogP contribution < -0.4 is 5.32 Å². The van der Waals surface area contributed by atoms with Crippen LogP contribution in [0.25, 0.3) is 0 Å². The van der Waals surface area contributed by atoms with Crippen LogP contribution in [0.5, 0.6) is 0 Å². The highest BCUT2D eigenvalue weighted by Gasteiger charge is 2.38. The topological polar surface area (TPSA) is 101 Å². The standard InChI is InChI=1S/C15H21NO5S2/c1-15(2,23(3,20)21)14(19)16-12-6-4-5-11(9-12)10-22-8-7-13(17)18/h4-6,9H,7-8,10H2,1-3H3,(H,16,19)(H,17,18). The third kappa shape index (κ3) is 5.87. The number of carbonyl (C=O) groups excluding carboxylic acids is 1. The molecular weight excluding hydrogens is 338 g/mol. The minimum Gasteiger partial charge on any atom is -0.481 e. The first-order valence-corrected chi connectivity index (χ1v) is 9.98. The van der Waals surface area contributed by atoms with E-state index < -0.39 is 26.5 Å². The average molecular weight is 359 g/mol. The number of nitrogens with one attached hydrogen (secondary N) is 1. The number of aliphatic carboxylic acids is 1. The highest BCUT2D eigenvalue weighted by Crippen LogP contribution is 2.21. The van der Waals surface area contributed by atoms with E-state index >= 15 is 0 Å². The molecule has 0 fully saturated rings. The summed E-state index contributed by atoms with van der Waals surface area (Å²) < 4.78 is 21.8. The van der Waals surface area contributed by atoms with E-state index in [1.807, 2.05) is 6.07 Å². The lowest BCUT2D eigenvalue weighted by atomic mass is 10.1. The molecule has 0 radical (unpaired) electrons. The molecule has 6 nitrogen and oxygen atoms in total. The molecule has 0 saturated heterocycles. The number of sulfone groups is 1. The van der Waals surface area contributed by atoms with E-state index in [4.69, 9.17) is 5.11 Å². The van der Waals surface area contributed by atoms with Gasteiger partial charge in [-0.1, -0.05) is 12.1 Å². The van der Waals surface area contributed by atoms with E-state index in [2.05, 4.69) is 5.32 Å². The van der Waals surface area contributed by atoms with Gasteiger partial charge in [-0.25, -0.2) is 8.42 Å². The van der Waals surface area contributed by atoms with Gasteiger partial charge in [0.15, 0.2) is 9.84 Å². The van der Waals surface area contributed by atoms with Crippen molar-refractivity contribution in [2.24, 2.45) is 0 Å². The van der Waals surface area contributed by atoms with Gasteiger partial charge >= 0.3 is 5.97 Å². The summed E-state index contributed by atoms with van der Waals surface area (Å²) in [5.41, 5.74) is 1.44. The largest absolute Gasteiger partial charge is 0.481 e. The van der Waals surface area contributed by atoms with Crippen molar-refractivity contribution in [1.29, 1.82) is 0 Å². The van der Waals surface area contributed by atoms with Crippen molar-refractivity contribution < 1.29 is 23.1 Å². The predicted octanol–water partition coefficient (Wildman–Crippen LogP) is 2.16. The normalized spacial score (nSPS) is 12.0. The van der Waals surface area contributed by atoms with Crippen LogP contribution in [0, 0.1) is 0 Å². The molecule has 0 aliphatic heterocycles. The fourth-order valence-corrected chi connectivity index (χ4v) is 2.80. The lowest BCUT2D eigenvalue weighted by molar-refractivity contribution is -0.136. The van der Waals surface area contributed by atoms with Crippen molar-refractivity contribution in [3.63, 3.8) is 0 Å². The molecule has 0 atom stereocenters. The Labute approximate surface area is 140 Å². The summed E-state index contributed by atoms with van der Waals surface area (Å²) in [6.45, 7) is 2.73.